The number of nitrogens with one attached hydrogen (secondary N) is 1. The van der Waals surface area contributed by atoms with Gasteiger partial charge < -0.3 is 0 Å². The summed E-state index contributed by atoms with van der Waals surface area (Å²) in [7, 11) is -3.17. The third-order valence-electron chi connectivity index (χ3n) is 4.24. The van der Waals surface area contributed by atoms with E-state index >= 15 is 0 Å². The fourth-order valence-corrected chi connectivity index (χ4v) is 5.35. The van der Waals surface area contributed by atoms with Crippen LogP contribution in [0.1, 0.15) is 64.2 Å². The molecule has 0 bridgehead atoms. The third kappa shape index (κ3) is 3.84. The van der Waals surface area contributed by atoms with Crippen molar-refractivity contribution in [1.82, 2.24) is 4.72 Å². The molecule has 2 atom stereocenters. The van der Waals surface area contributed by atoms with Gasteiger partial charge in [0, 0.05) is 11.4 Å². The van der Waals surface area contributed by atoms with Gasteiger partial charge in [-0.05, 0) is 25.7 Å². The molecular formula is C13H24ClNO2S. The van der Waals surface area contributed by atoms with E-state index in [0.29, 0.717) is 0 Å². The maximum atomic E-state index is 12.3. The van der Waals surface area contributed by atoms with Crippen LogP contribution >= 0.6 is 11.6 Å². The van der Waals surface area contributed by atoms with Gasteiger partial charge in [0.2, 0.25) is 10.0 Å². The molecular weight excluding hydrogens is 270 g/mol. The molecule has 0 saturated heterocycles. The molecule has 2 rings (SSSR count). The van der Waals surface area contributed by atoms with Gasteiger partial charge in [-0.1, -0.05) is 38.5 Å². The topological polar surface area (TPSA) is 46.2 Å². The Morgan fingerprint density at radius 2 is 1.39 bits per heavy atom. The second kappa shape index (κ2) is 6.58. The molecule has 18 heavy (non-hydrogen) atoms. The Morgan fingerprint density at radius 3 is 2.06 bits per heavy atom. The minimum Gasteiger partial charge on any atom is -0.212 e. The molecule has 3 nitrogen and oxygen atoms in total. The second-order valence-electron chi connectivity index (χ2n) is 5.68. The number of hydrogen-bond donors (Lipinski definition) is 1. The van der Waals surface area contributed by atoms with E-state index in [1.54, 1.807) is 0 Å². The summed E-state index contributed by atoms with van der Waals surface area (Å²) in [4.78, 5) is 0. The fraction of sp³-hybridized carbons (Fsp3) is 1.00. The molecule has 106 valence electrons. The normalized spacial score (nSPS) is 32.1. The minimum atomic E-state index is -3.17. The first kappa shape index (κ1) is 14.6. The Morgan fingerprint density at radius 1 is 0.833 bits per heavy atom. The van der Waals surface area contributed by atoms with E-state index in [-0.39, 0.29) is 16.7 Å². The van der Waals surface area contributed by atoms with E-state index in [2.05, 4.69) is 4.72 Å². The van der Waals surface area contributed by atoms with E-state index in [9.17, 15) is 8.42 Å². The fourth-order valence-electron chi connectivity index (χ4n) is 3.08. The van der Waals surface area contributed by atoms with Crippen LogP contribution in [-0.4, -0.2) is 25.1 Å². The Balaban J connectivity index is 1.97. The van der Waals surface area contributed by atoms with Crippen LogP contribution in [0, 0.1) is 0 Å². The molecule has 2 aliphatic carbocycles. The summed E-state index contributed by atoms with van der Waals surface area (Å²) in [6.07, 6.45) is 10.1. The predicted molar refractivity (Wildman–Crippen MR) is 75.4 cm³/mol. The Labute approximate surface area is 116 Å². The highest BCUT2D eigenvalue weighted by Crippen LogP contribution is 2.26. The van der Waals surface area contributed by atoms with Gasteiger partial charge in [-0.25, -0.2) is 13.1 Å². The number of alkyl halides is 1. The van der Waals surface area contributed by atoms with Crippen molar-refractivity contribution in [2.24, 2.45) is 0 Å². The summed E-state index contributed by atoms with van der Waals surface area (Å²) in [6, 6.07) is -0.0545. The van der Waals surface area contributed by atoms with Crippen molar-refractivity contribution in [2.75, 3.05) is 0 Å². The lowest BCUT2D eigenvalue weighted by molar-refractivity contribution is 0.461. The highest BCUT2D eigenvalue weighted by atomic mass is 35.5. The molecule has 0 aromatic rings. The molecule has 0 heterocycles. The average molecular weight is 294 g/mol. The van der Waals surface area contributed by atoms with Crippen molar-refractivity contribution in [3.63, 3.8) is 0 Å². The standard InChI is InChI=1S/C13H24ClNO2S/c14-12-9-5-2-6-10-13(12)15-18(16,17)11-7-3-1-4-8-11/h11-13,15H,1-10H2. The van der Waals surface area contributed by atoms with E-state index in [1.807, 2.05) is 0 Å². The van der Waals surface area contributed by atoms with E-state index in [4.69, 9.17) is 11.6 Å². The number of sulfonamides is 1. The quantitative estimate of drug-likeness (QED) is 0.642. The maximum Gasteiger partial charge on any atom is 0.214 e. The lowest BCUT2D eigenvalue weighted by Crippen LogP contribution is -2.45. The monoisotopic (exact) mass is 293 g/mol. The van der Waals surface area contributed by atoms with Crippen LogP contribution in [0.15, 0.2) is 0 Å². The summed E-state index contributed by atoms with van der Waals surface area (Å²) < 4.78 is 27.6. The van der Waals surface area contributed by atoms with Crippen LogP contribution in [0.2, 0.25) is 0 Å². The van der Waals surface area contributed by atoms with Crippen molar-refractivity contribution < 1.29 is 8.42 Å². The first-order valence-electron chi connectivity index (χ1n) is 7.25. The average Bonchev–Trinajstić information content (AvgIpc) is 2.56. The summed E-state index contributed by atoms with van der Waals surface area (Å²) in [6.45, 7) is 0. The van der Waals surface area contributed by atoms with Crippen molar-refractivity contribution in [3.05, 3.63) is 0 Å². The summed E-state index contributed by atoms with van der Waals surface area (Å²) >= 11 is 6.31. The van der Waals surface area contributed by atoms with Gasteiger partial charge in [0.05, 0.1) is 5.25 Å². The summed E-state index contributed by atoms with van der Waals surface area (Å²) in [5.74, 6) is 0. The van der Waals surface area contributed by atoms with Crippen LogP contribution in [0.4, 0.5) is 0 Å². The zero-order chi connectivity index (χ0) is 13.0. The Bertz CT molecular complexity index is 352. The molecule has 0 aliphatic heterocycles. The molecule has 1 N–H and O–H groups in total. The van der Waals surface area contributed by atoms with E-state index in [0.717, 1.165) is 51.4 Å². The zero-order valence-corrected chi connectivity index (χ0v) is 12.5. The zero-order valence-electron chi connectivity index (χ0n) is 10.9. The Kier molecular flexibility index (Phi) is 5.34. The smallest absolute Gasteiger partial charge is 0.212 e. The summed E-state index contributed by atoms with van der Waals surface area (Å²) in [5.41, 5.74) is 0. The van der Waals surface area contributed by atoms with Gasteiger partial charge in [0.25, 0.3) is 0 Å². The van der Waals surface area contributed by atoms with Crippen molar-refractivity contribution in [3.8, 4) is 0 Å². The number of rotatable bonds is 3. The molecule has 0 aromatic heterocycles. The highest BCUT2D eigenvalue weighted by molar-refractivity contribution is 7.90. The molecule has 0 amide bonds. The van der Waals surface area contributed by atoms with Crippen LogP contribution in [0.3, 0.4) is 0 Å². The van der Waals surface area contributed by atoms with Gasteiger partial charge in [-0.3, -0.25) is 0 Å². The molecule has 2 fully saturated rings. The van der Waals surface area contributed by atoms with Crippen LogP contribution in [0.5, 0.6) is 0 Å². The van der Waals surface area contributed by atoms with E-state index in [1.165, 1.54) is 12.8 Å². The van der Waals surface area contributed by atoms with Crippen molar-refractivity contribution in [2.45, 2.75) is 80.9 Å². The first-order valence-corrected chi connectivity index (χ1v) is 9.23. The molecule has 2 aliphatic rings. The lowest BCUT2D eigenvalue weighted by Gasteiger charge is -2.27. The molecule has 2 unspecified atom stereocenters. The maximum absolute atomic E-state index is 12.3. The minimum absolute atomic E-state index is 0.0362. The first-order chi connectivity index (χ1) is 8.59. The molecule has 0 radical (unpaired) electrons. The molecule has 0 spiro atoms. The molecule has 0 aromatic carbocycles. The highest BCUT2D eigenvalue weighted by Gasteiger charge is 2.32. The second-order valence-corrected chi connectivity index (χ2v) is 8.24. The van der Waals surface area contributed by atoms with Crippen molar-refractivity contribution in [1.29, 1.82) is 0 Å². The molecule has 2 saturated carbocycles. The van der Waals surface area contributed by atoms with Gasteiger partial charge in [-0.2, -0.15) is 0 Å². The van der Waals surface area contributed by atoms with Gasteiger partial charge in [0.15, 0.2) is 0 Å². The van der Waals surface area contributed by atoms with E-state index < -0.39 is 10.0 Å². The lowest BCUT2D eigenvalue weighted by atomic mass is 10.0. The molecule has 5 heteroatoms. The largest absolute Gasteiger partial charge is 0.214 e. The number of halogens is 1. The summed E-state index contributed by atoms with van der Waals surface area (Å²) in [5, 5.41) is -0.218. The predicted octanol–water partition coefficient (Wildman–Crippen LogP) is 3.18. The number of hydrogen-bond acceptors (Lipinski definition) is 2. The SMILES string of the molecule is O=S(=O)(NC1CCCCCC1Cl)C1CCCCC1. The Hall–Kier alpha value is 0.200. The van der Waals surface area contributed by atoms with Gasteiger partial charge in [0.1, 0.15) is 0 Å². The van der Waals surface area contributed by atoms with Crippen LogP contribution < -0.4 is 4.72 Å². The van der Waals surface area contributed by atoms with Gasteiger partial charge >= 0.3 is 0 Å². The van der Waals surface area contributed by atoms with Crippen LogP contribution in [-0.2, 0) is 10.0 Å². The van der Waals surface area contributed by atoms with Crippen LogP contribution in [0.25, 0.3) is 0 Å². The van der Waals surface area contributed by atoms with Crippen molar-refractivity contribution >= 4 is 21.6 Å². The third-order valence-corrected chi connectivity index (χ3v) is 6.74. The van der Waals surface area contributed by atoms with Gasteiger partial charge in [-0.15, -0.1) is 11.6 Å².